The Morgan fingerprint density at radius 3 is 2.50 bits per heavy atom. The largest absolute Gasteiger partial charge is 0.397 e. The van der Waals surface area contributed by atoms with Gasteiger partial charge in [0.1, 0.15) is 0 Å². The Labute approximate surface area is 109 Å². The first-order chi connectivity index (χ1) is 8.84. The average Bonchev–Trinajstić information content (AvgIpc) is 2.43. The molecule has 0 aliphatic heterocycles. The van der Waals surface area contributed by atoms with E-state index in [1.54, 1.807) is 30.4 Å². The number of rotatable bonds is 2. The van der Waals surface area contributed by atoms with Gasteiger partial charge in [-0.1, -0.05) is 17.8 Å². The van der Waals surface area contributed by atoms with E-state index in [-0.39, 0.29) is 0 Å². The molecule has 2 N–H and O–H groups in total. The number of nitrogens with zero attached hydrogens (tertiary/aromatic N) is 2. The van der Waals surface area contributed by atoms with E-state index >= 15 is 0 Å². The summed E-state index contributed by atoms with van der Waals surface area (Å²) in [6.07, 6.45) is 7.15. The molecule has 0 saturated heterocycles. The molecule has 0 amide bonds. The number of aromatic nitrogens is 2. The molecule has 2 heterocycles. The Bertz CT molecular complexity index is 683. The monoisotopic (exact) mass is 253 g/mol. The minimum atomic E-state index is 0.803. The fourth-order valence-electron chi connectivity index (χ4n) is 1.79. The molecular formula is C14H11N3S. The first kappa shape index (κ1) is 11.0. The van der Waals surface area contributed by atoms with E-state index in [1.807, 2.05) is 36.5 Å². The molecule has 3 nitrogen and oxygen atoms in total. The lowest BCUT2D eigenvalue weighted by atomic mass is 10.1. The second kappa shape index (κ2) is 4.66. The maximum absolute atomic E-state index is 6.20. The molecule has 0 bridgehead atoms. The Morgan fingerprint density at radius 2 is 1.67 bits per heavy atom. The van der Waals surface area contributed by atoms with Crippen molar-refractivity contribution in [3.63, 3.8) is 0 Å². The number of nitrogen functional groups attached to an aromatic ring is 1. The molecule has 3 aromatic rings. The van der Waals surface area contributed by atoms with Crippen molar-refractivity contribution in [1.82, 2.24) is 9.97 Å². The summed E-state index contributed by atoms with van der Waals surface area (Å²) in [5, 5.41) is 2.11. The van der Waals surface area contributed by atoms with Gasteiger partial charge in [0.15, 0.2) is 0 Å². The number of hydrogen-bond acceptors (Lipinski definition) is 4. The van der Waals surface area contributed by atoms with E-state index in [0.717, 1.165) is 26.3 Å². The fourth-order valence-corrected chi connectivity index (χ4v) is 2.66. The van der Waals surface area contributed by atoms with Crippen LogP contribution < -0.4 is 5.73 Å². The van der Waals surface area contributed by atoms with Crippen LogP contribution >= 0.6 is 11.8 Å². The average molecular weight is 253 g/mol. The molecule has 0 aliphatic carbocycles. The Balaban J connectivity index is 2.05. The van der Waals surface area contributed by atoms with Crippen molar-refractivity contribution in [3.05, 3.63) is 55.1 Å². The summed E-state index contributed by atoms with van der Waals surface area (Å²) in [6, 6.07) is 9.97. The van der Waals surface area contributed by atoms with Crippen molar-refractivity contribution in [3.8, 4) is 0 Å². The van der Waals surface area contributed by atoms with Gasteiger partial charge < -0.3 is 5.73 Å². The van der Waals surface area contributed by atoms with E-state index in [9.17, 15) is 0 Å². The summed E-state index contributed by atoms with van der Waals surface area (Å²) in [6.45, 7) is 0. The molecule has 88 valence electrons. The highest BCUT2D eigenvalue weighted by Gasteiger charge is 2.05. The van der Waals surface area contributed by atoms with Gasteiger partial charge in [0.2, 0.25) is 0 Å². The van der Waals surface area contributed by atoms with Gasteiger partial charge in [-0.3, -0.25) is 9.97 Å². The highest BCUT2D eigenvalue weighted by Crippen LogP contribution is 2.35. The zero-order valence-corrected chi connectivity index (χ0v) is 10.4. The lowest BCUT2D eigenvalue weighted by Gasteiger charge is -2.08. The number of anilines is 1. The van der Waals surface area contributed by atoms with Crippen LogP contribution in [0.2, 0.25) is 0 Å². The summed E-state index contributed by atoms with van der Waals surface area (Å²) >= 11 is 1.64. The molecule has 18 heavy (non-hydrogen) atoms. The number of hydrogen-bond donors (Lipinski definition) is 1. The van der Waals surface area contributed by atoms with Crippen molar-refractivity contribution in [2.45, 2.75) is 9.79 Å². The number of pyridine rings is 2. The second-order valence-electron chi connectivity index (χ2n) is 3.86. The number of nitrogens with two attached hydrogens (primary N) is 1. The van der Waals surface area contributed by atoms with Crippen molar-refractivity contribution in [2.24, 2.45) is 0 Å². The van der Waals surface area contributed by atoms with E-state index in [1.165, 1.54) is 0 Å². The van der Waals surface area contributed by atoms with Crippen LogP contribution in [0.15, 0.2) is 64.9 Å². The SMILES string of the molecule is Nc1c(Sc2ccncc2)ccc2cnccc12. The van der Waals surface area contributed by atoms with Crippen LogP contribution in [0.25, 0.3) is 10.8 Å². The van der Waals surface area contributed by atoms with E-state index in [4.69, 9.17) is 5.73 Å². The van der Waals surface area contributed by atoms with Gasteiger partial charge in [-0.2, -0.15) is 0 Å². The fraction of sp³-hybridized carbons (Fsp3) is 0. The zero-order chi connectivity index (χ0) is 12.4. The van der Waals surface area contributed by atoms with E-state index < -0.39 is 0 Å². The van der Waals surface area contributed by atoms with Gasteiger partial charge in [-0.05, 0) is 24.3 Å². The van der Waals surface area contributed by atoms with Crippen LogP contribution in [-0.2, 0) is 0 Å². The van der Waals surface area contributed by atoms with Crippen LogP contribution in [-0.4, -0.2) is 9.97 Å². The van der Waals surface area contributed by atoms with Crippen molar-refractivity contribution in [1.29, 1.82) is 0 Å². The highest BCUT2D eigenvalue weighted by molar-refractivity contribution is 7.99. The van der Waals surface area contributed by atoms with E-state index in [0.29, 0.717) is 0 Å². The van der Waals surface area contributed by atoms with Crippen LogP contribution in [0.5, 0.6) is 0 Å². The summed E-state index contributed by atoms with van der Waals surface area (Å²) in [7, 11) is 0. The Kier molecular flexibility index (Phi) is 2.86. The number of benzene rings is 1. The molecule has 0 unspecified atom stereocenters. The van der Waals surface area contributed by atoms with Crippen molar-refractivity contribution in [2.75, 3.05) is 5.73 Å². The third-order valence-electron chi connectivity index (χ3n) is 2.70. The lowest BCUT2D eigenvalue weighted by Crippen LogP contribution is -1.91. The highest BCUT2D eigenvalue weighted by atomic mass is 32.2. The molecular weight excluding hydrogens is 242 g/mol. The van der Waals surface area contributed by atoms with Crippen LogP contribution in [0.4, 0.5) is 5.69 Å². The van der Waals surface area contributed by atoms with Crippen molar-refractivity contribution >= 4 is 28.2 Å². The minimum absolute atomic E-state index is 0.803. The summed E-state index contributed by atoms with van der Waals surface area (Å²) in [5.74, 6) is 0. The minimum Gasteiger partial charge on any atom is -0.397 e. The molecule has 0 saturated carbocycles. The predicted octanol–water partition coefficient (Wildman–Crippen LogP) is 3.36. The molecule has 0 aliphatic rings. The predicted molar refractivity (Wildman–Crippen MR) is 74.5 cm³/mol. The lowest BCUT2D eigenvalue weighted by molar-refractivity contribution is 1.26. The Hall–Kier alpha value is -2.07. The normalized spacial score (nSPS) is 10.7. The molecule has 1 aromatic carbocycles. The third-order valence-corrected chi connectivity index (χ3v) is 3.78. The van der Waals surface area contributed by atoms with Crippen molar-refractivity contribution < 1.29 is 0 Å². The molecule has 2 aromatic heterocycles. The molecule has 0 radical (unpaired) electrons. The standard InChI is InChI=1S/C14H11N3S/c15-14-12-5-8-17-9-10(12)1-2-13(14)18-11-3-6-16-7-4-11/h1-9H,15H2. The Morgan fingerprint density at radius 1 is 0.889 bits per heavy atom. The molecule has 0 fully saturated rings. The molecule has 4 heteroatoms. The maximum Gasteiger partial charge on any atom is 0.0536 e. The molecule has 0 atom stereocenters. The molecule has 3 rings (SSSR count). The first-order valence-corrected chi connectivity index (χ1v) is 6.36. The van der Waals surface area contributed by atoms with Gasteiger partial charge in [-0.25, -0.2) is 0 Å². The van der Waals surface area contributed by atoms with Gasteiger partial charge >= 0.3 is 0 Å². The second-order valence-corrected chi connectivity index (χ2v) is 4.97. The third kappa shape index (κ3) is 2.02. The number of fused-ring (bicyclic) bond motifs is 1. The zero-order valence-electron chi connectivity index (χ0n) is 9.58. The summed E-state index contributed by atoms with van der Waals surface area (Å²) in [5.41, 5.74) is 7.01. The molecule has 0 spiro atoms. The topological polar surface area (TPSA) is 51.8 Å². The van der Waals surface area contributed by atoms with Crippen LogP contribution in [0.3, 0.4) is 0 Å². The smallest absolute Gasteiger partial charge is 0.0536 e. The van der Waals surface area contributed by atoms with Gasteiger partial charge in [-0.15, -0.1) is 0 Å². The van der Waals surface area contributed by atoms with Crippen LogP contribution in [0, 0.1) is 0 Å². The first-order valence-electron chi connectivity index (χ1n) is 5.55. The summed E-state index contributed by atoms with van der Waals surface area (Å²) < 4.78 is 0. The summed E-state index contributed by atoms with van der Waals surface area (Å²) in [4.78, 5) is 10.3. The van der Waals surface area contributed by atoms with Gasteiger partial charge in [0, 0.05) is 45.4 Å². The maximum atomic E-state index is 6.20. The van der Waals surface area contributed by atoms with Crippen LogP contribution in [0.1, 0.15) is 0 Å². The van der Waals surface area contributed by atoms with Gasteiger partial charge in [0.25, 0.3) is 0 Å². The quantitative estimate of drug-likeness (QED) is 0.711. The van der Waals surface area contributed by atoms with Gasteiger partial charge in [0.05, 0.1) is 5.69 Å². The van der Waals surface area contributed by atoms with E-state index in [2.05, 4.69) is 9.97 Å².